The topological polar surface area (TPSA) is 76.7 Å². The van der Waals surface area contributed by atoms with E-state index < -0.39 is 0 Å². The van der Waals surface area contributed by atoms with Crippen molar-refractivity contribution in [2.24, 2.45) is 11.8 Å². The van der Waals surface area contributed by atoms with Crippen molar-refractivity contribution in [2.75, 3.05) is 12.1 Å². The summed E-state index contributed by atoms with van der Waals surface area (Å²) in [6.45, 7) is 4.57. The molecule has 27 heavy (non-hydrogen) atoms. The molecule has 2 N–H and O–H groups in total. The highest BCUT2D eigenvalue weighted by Crippen LogP contribution is 2.40. The Labute approximate surface area is 157 Å². The lowest BCUT2D eigenvalue weighted by molar-refractivity contribution is -0.125. The molecule has 2 amide bonds. The first-order chi connectivity index (χ1) is 13.0. The smallest absolute Gasteiger partial charge is 0.231 e. The van der Waals surface area contributed by atoms with Crippen molar-refractivity contribution in [1.82, 2.24) is 5.32 Å². The van der Waals surface area contributed by atoms with Gasteiger partial charge in [0.15, 0.2) is 11.5 Å². The fourth-order valence-electron chi connectivity index (χ4n) is 3.24. The lowest BCUT2D eigenvalue weighted by atomic mass is 10.1. The van der Waals surface area contributed by atoms with Crippen LogP contribution in [0.25, 0.3) is 0 Å². The van der Waals surface area contributed by atoms with Gasteiger partial charge in [0.05, 0.1) is 11.8 Å². The maximum absolute atomic E-state index is 12.4. The van der Waals surface area contributed by atoms with E-state index >= 15 is 0 Å². The molecule has 6 nitrogen and oxygen atoms in total. The van der Waals surface area contributed by atoms with Crippen molar-refractivity contribution in [1.29, 1.82) is 0 Å². The van der Waals surface area contributed by atoms with E-state index in [1.54, 1.807) is 0 Å². The Kier molecular flexibility index (Phi) is 4.48. The number of fused-ring (bicyclic) bond motifs is 1. The number of amides is 2. The molecule has 2 aromatic rings. The van der Waals surface area contributed by atoms with Crippen LogP contribution >= 0.6 is 0 Å². The maximum atomic E-state index is 12.4. The van der Waals surface area contributed by atoms with E-state index in [2.05, 4.69) is 10.6 Å². The Morgan fingerprint density at radius 1 is 1.00 bits per heavy atom. The molecule has 2 aromatic carbocycles. The molecular weight excluding hydrogens is 344 g/mol. The number of carbonyl (C=O) groups excluding carboxylic acids is 2. The van der Waals surface area contributed by atoms with E-state index in [1.807, 2.05) is 50.2 Å². The fraction of sp³-hybridized carbons (Fsp3) is 0.333. The maximum Gasteiger partial charge on any atom is 0.231 e. The van der Waals surface area contributed by atoms with Crippen LogP contribution in [0.3, 0.4) is 0 Å². The van der Waals surface area contributed by atoms with Crippen molar-refractivity contribution >= 4 is 17.5 Å². The van der Waals surface area contributed by atoms with E-state index in [0.717, 1.165) is 28.1 Å². The minimum absolute atomic E-state index is 0.0891. The number of benzene rings is 2. The minimum atomic E-state index is -0.262. The summed E-state index contributed by atoms with van der Waals surface area (Å²) in [5.41, 5.74) is 3.85. The normalized spacial score (nSPS) is 19.5. The molecule has 2 atom stereocenters. The van der Waals surface area contributed by atoms with E-state index in [4.69, 9.17) is 9.47 Å². The van der Waals surface area contributed by atoms with Gasteiger partial charge >= 0.3 is 0 Å². The summed E-state index contributed by atoms with van der Waals surface area (Å²) in [5.74, 6) is 0.709. The molecule has 2 aliphatic rings. The van der Waals surface area contributed by atoms with Crippen LogP contribution in [0.1, 0.15) is 23.1 Å². The number of nitrogens with one attached hydrogen (secondary N) is 2. The van der Waals surface area contributed by atoms with Gasteiger partial charge in [-0.05, 0) is 55.2 Å². The highest BCUT2D eigenvalue weighted by atomic mass is 16.7. The lowest BCUT2D eigenvalue weighted by Crippen LogP contribution is -2.27. The van der Waals surface area contributed by atoms with Crippen LogP contribution in [0.2, 0.25) is 0 Å². The van der Waals surface area contributed by atoms with Crippen LogP contribution in [0.4, 0.5) is 5.69 Å². The molecular formula is C21H22N2O4. The summed E-state index contributed by atoms with van der Waals surface area (Å²) < 4.78 is 10.6. The van der Waals surface area contributed by atoms with Gasteiger partial charge in [0, 0.05) is 12.2 Å². The number of hydrogen-bond donors (Lipinski definition) is 2. The van der Waals surface area contributed by atoms with Gasteiger partial charge in [-0.15, -0.1) is 0 Å². The van der Waals surface area contributed by atoms with Gasteiger partial charge in [-0.25, -0.2) is 0 Å². The second kappa shape index (κ2) is 6.95. The van der Waals surface area contributed by atoms with Gasteiger partial charge < -0.3 is 20.1 Å². The van der Waals surface area contributed by atoms with Crippen LogP contribution in [0, 0.1) is 25.7 Å². The predicted octanol–water partition coefficient (Wildman–Crippen LogP) is 2.92. The molecule has 1 saturated carbocycles. The molecule has 1 aliphatic heterocycles. The summed E-state index contributed by atoms with van der Waals surface area (Å²) in [6, 6.07) is 11.5. The summed E-state index contributed by atoms with van der Waals surface area (Å²) in [6.07, 6.45) is 0.587. The van der Waals surface area contributed by atoms with E-state index in [1.165, 1.54) is 0 Å². The average Bonchev–Trinajstić information content (AvgIpc) is 3.33. The predicted molar refractivity (Wildman–Crippen MR) is 101 cm³/mol. The largest absolute Gasteiger partial charge is 0.454 e. The van der Waals surface area contributed by atoms with Gasteiger partial charge in [-0.1, -0.05) is 18.2 Å². The molecule has 0 saturated heterocycles. The minimum Gasteiger partial charge on any atom is -0.454 e. The molecule has 140 valence electrons. The Balaban J connectivity index is 1.29. The second-order valence-electron chi connectivity index (χ2n) is 7.16. The highest BCUT2D eigenvalue weighted by Gasteiger charge is 2.48. The third kappa shape index (κ3) is 3.74. The summed E-state index contributed by atoms with van der Waals surface area (Å²) in [5, 5.41) is 5.86. The standard InChI is InChI=1S/C21H22N2O4/c1-12-3-4-13(2)17(7-12)23-21(25)16-9-15(16)20(24)22-10-14-5-6-18-19(8-14)27-11-26-18/h3-8,15-16H,9-11H2,1-2H3,(H,22,24)(H,23,25). The third-order valence-corrected chi connectivity index (χ3v) is 5.02. The Morgan fingerprint density at radius 2 is 1.78 bits per heavy atom. The summed E-state index contributed by atoms with van der Waals surface area (Å²) in [4.78, 5) is 24.8. The van der Waals surface area contributed by atoms with Crippen LogP contribution in [0.5, 0.6) is 11.5 Å². The first-order valence-corrected chi connectivity index (χ1v) is 9.05. The van der Waals surface area contributed by atoms with Gasteiger partial charge in [0.25, 0.3) is 0 Å². The average molecular weight is 366 g/mol. The molecule has 1 heterocycles. The number of rotatable bonds is 5. The van der Waals surface area contributed by atoms with E-state index in [0.29, 0.717) is 18.7 Å². The molecule has 1 aliphatic carbocycles. The zero-order valence-electron chi connectivity index (χ0n) is 15.4. The molecule has 0 bridgehead atoms. The first kappa shape index (κ1) is 17.4. The number of ether oxygens (including phenoxy) is 2. The second-order valence-corrected chi connectivity index (χ2v) is 7.16. The number of carbonyl (C=O) groups is 2. The SMILES string of the molecule is Cc1ccc(C)c(NC(=O)C2CC2C(=O)NCc2ccc3c(c2)OCO3)c1. The van der Waals surface area contributed by atoms with Crippen molar-refractivity contribution in [3.05, 3.63) is 53.1 Å². The molecule has 0 spiro atoms. The highest BCUT2D eigenvalue weighted by molar-refractivity contribution is 5.99. The van der Waals surface area contributed by atoms with Gasteiger partial charge in [-0.2, -0.15) is 0 Å². The summed E-state index contributed by atoms with van der Waals surface area (Å²) in [7, 11) is 0. The quantitative estimate of drug-likeness (QED) is 0.853. The number of aryl methyl sites for hydroxylation is 2. The number of hydrogen-bond acceptors (Lipinski definition) is 4. The molecule has 0 aromatic heterocycles. The number of anilines is 1. The van der Waals surface area contributed by atoms with Crippen molar-refractivity contribution in [3.8, 4) is 11.5 Å². The monoisotopic (exact) mass is 366 g/mol. The molecule has 2 unspecified atom stereocenters. The zero-order chi connectivity index (χ0) is 19.0. The van der Waals surface area contributed by atoms with Gasteiger partial charge in [0.1, 0.15) is 0 Å². The third-order valence-electron chi connectivity index (χ3n) is 5.02. The van der Waals surface area contributed by atoms with Crippen LogP contribution in [-0.4, -0.2) is 18.6 Å². The van der Waals surface area contributed by atoms with Crippen LogP contribution in [-0.2, 0) is 16.1 Å². The Bertz CT molecular complexity index is 909. The van der Waals surface area contributed by atoms with Crippen LogP contribution in [0.15, 0.2) is 36.4 Å². The molecule has 0 radical (unpaired) electrons. The zero-order valence-corrected chi connectivity index (χ0v) is 15.4. The Hall–Kier alpha value is -3.02. The van der Waals surface area contributed by atoms with Gasteiger partial charge in [0.2, 0.25) is 18.6 Å². The van der Waals surface area contributed by atoms with Crippen molar-refractivity contribution in [3.63, 3.8) is 0 Å². The van der Waals surface area contributed by atoms with Gasteiger partial charge in [-0.3, -0.25) is 9.59 Å². The first-order valence-electron chi connectivity index (χ1n) is 9.05. The van der Waals surface area contributed by atoms with E-state index in [9.17, 15) is 9.59 Å². The molecule has 4 rings (SSSR count). The molecule has 6 heteroatoms. The fourth-order valence-corrected chi connectivity index (χ4v) is 3.24. The Morgan fingerprint density at radius 3 is 2.63 bits per heavy atom. The summed E-state index contributed by atoms with van der Waals surface area (Å²) >= 11 is 0. The van der Waals surface area contributed by atoms with Crippen molar-refractivity contribution < 1.29 is 19.1 Å². The molecule has 1 fully saturated rings. The van der Waals surface area contributed by atoms with Crippen molar-refractivity contribution in [2.45, 2.75) is 26.8 Å². The van der Waals surface area contributed by atoms with E-state index in [-0.39, 0.29) is 30.4 Å². The lowest BCUT2D eigenvalue weighted by Gasteiger charge is -2.09. The van der Waals surface area contributed by atoms with Crippen LogP contribution < -0.4 is 20.1 Å².